The second-order valence-electron chi connectivity index (χ2n) is 6.43. The number of halogens is 1. The van der Waals surface area contributed by atoms with Crippen molar-refractivity contribution >= 4 is 41.3 Å². The Morgan fingerprint density at radius 1 is 1.19 bits per heavy atom. The molecule has 0 atom stereocenters. The van der Waals surface area contributed by atoms with Gasteiger partial charge < -0.3 is 20.1 Å². The van der Waals surface area contributed by atoms with Crippen LogP contribution < -0.4 is 20.1 Å². The standard InChI is InChI=1S/C19H26N4O2S.HI/c1-13(2)15-12-26-18(23-15)11-22-19(20-3)21-10-14-5-6-16-17(9-14)25-8-4-7-24-16;/h5-6,9,12-13H,4,7-8,10-11H2,1-3H3,(H2,20,21,22);1H. The Bertz CT molecular complexity index is 764. The molecule has 2 N–H and O–H groups in total. The van der Waals surface area contributed by atoms with Crippen molar-refractivity contribution in [2.45, 2.75) is 39.3 Å². The Labute approximate surface area is 181 Å². The molecule has 0 radical (unpaired) electrons. The number of aromatic nitrogens is 1. The van der Waals surface area contributed by atoms with Crippen LogP contribution in [0.3, 0.4) is 0 Å². The van der Waals surface area contributed by atoms with E-state index in [1.54, 1.807) is 18.4 Å². The van der Waals surface area contributed by atoms with Crippen molar-refractivity contribution in [3.8, 4) is 11.5 Å². The molecule has 0 saturated carbocycles. The number of ether oxygens (including phenoxy) is 2. The van der Waals surface area contributed by atoms with Crippen LogP contribution in [0.4, 0.5) is 0 Å². The number of rotatable bonds is 5. The van der Waals surface area contributed by atoms with E-state index in [9.17, 15) is 0 Å². The minimum Gasteiger partial charge on any atom is -0.490 e. The van der Waals surface area contributed by atoms with Crippen LogP contribution in [-0.4, -0.2) is 31.2 Å². The highest BCUT2D eigenvalue weighted by molar-refractivity contribution is 14.0. The molecule has 0 amide bonds. The maximum atomic E-state index is 5.74. The molecule has 2 aromatic rings. The quantitative estimate of drug-likeness (QED) is 0.369. The Hall–Kier alpha value is -1.55. The number of fused-ring (bicyclic) bond motifs is 1. The van der Waals surface area contributed by atoms with Crippen molar-refractivity contribution in [1.29, 1.82) is 0 Å². The maximum Gasteiger partial charge on any atom is 0.191 e. The maximum absolute atomic E-state index is 5.74. The Morgan fingerprint density at radius 3 is 2.63 bits per heavy atom. The smallest absolute Gasteiger partial charge is 0.191 e. The molecule has 0 unspecified atom stereocenters. The van der Waals surface area contributed by atoms with E-state index in [1.165, 1.54) is 0 Å². The molecule has 0 saturated heterocycles. The van der Waals surface area contributed by atoms with Crippen molar-refractivity contribution in [1.82, 2.24) is 15.6 Å². The van der Waals surface area contributed by atoms with E-state index in [-0.39, 0.29) is 24.0 Å². The van der Waals surface area contributed by atoms with Crippen molar-refractivity contribution in [2.24, 2.45) is 4.99 Å². The van der Waals surface area contributed by atoms with E-state index in [1.807, 2.05) is 18.2 Å². The minimum absolute atomic E-state index is 0. The summed E-state index contributed by atoms with van der Waals surface area (Å²) in [6.45, 7) is 7.03. The summed E-state index contributed by atoms with van der Waals surface area (Å²) >= 11 is 1.68. The lowest BCUT2D eigenvalue weighted by atomic mass is 10.2. The Kier molecular flexibility index (Phi) is 8.62. The van der Waals surface area contributed by atoms with Crippen LogP contribution in [0.15, 0.2) is 28.6 Å². The molecular weight excluding hydrogens is 475 g/mol. The molecule has 2 heterocycles. The van der Waals surface area contributed by atoms with Gasteiger partial charge in [-0.15, -0.1) is 35.3 Å². The molecule has 1 aliphatic heterocycles. The Balaban J connectivity index is 0.00000261. The minimum atomic E-state index is 0. The van der Waals surface area contributed by atoms with E-state index >= 15 is 0 Å². The van der Waals surface area contributed by atoms with Crippen molar-refractivity contribution in [2.75, 3.05) is 20.3 Å². The Morgan fingerprint density at radius 2 is 1.93 bits per heavy atom. The van der Waals surface area contributed by atoms with Crippen molar-refractivity contribution in [3.63, 3.8) is 0 Å². The number of hydrogen-bond donors (Lipinski definition) is 2. The zero-order valence-corrected chi connectivity index (χ0v) is 19.1. The molecule has 148 valence electrons. The van der Waals surface area contributed by atoms with Gasteiger partial charge in [0, 0.05) is 25.4 Å². The predicted molar refractivity (Wildman–Crippen MR) is 121 cm³/mol. The zero-order chi connectivity index (χ0) is 18.4. The van der Waals surface area contributed by atoms with Gasteiger partial charge in [-0.2, -0.15) is 0 Å². The highest BCUT2D eigenvalue weighted by Gasteiger charge is 2.11. The number of hydrogen-bond acceptors (Lipinski definition) is 5. The summed E-state index contributed by atoms with van der Waals surface area (Å²) < 4.78 is 11.4. The van der Waals surface area contributed by atoms with Gasteiger partial charge in [0.2, 0.25) is 0 Å². The van der Waals surface area contributed by atoms with Crippen molar-refractivity contribution in [3.05, 3.63) is 39.8 Å². The van der Waals surface area contributed by atoms with E-state index < -0.39 is 0 Å². The van der Waals surface area contributed by atoms with Crippen molar-refractivity contribution < 1.29 is 9.47 Å². The van der Waals surface area contributed by atoms with E-state index in [2.05, 4.69) is 39.8 Å². The topological polar surface area (TPSA) is 67.8 Å². The van der Waals surface area contributed by atoms with Gasteiger partial charge in [-0.1, -0.05) is 19.9 Å². The monoisotopic (exact) mass is 502 g/mol. The van der Waals surface area contributed by atoms with Gasteiger partial charge in [-0.3, -0.25) is 4.99 Å². The van der Waals surface area contributed by atoms with Crippen LogP contribution >= 0.6 is 35.3 Å². The van der Waals surface area contributed by atoms with E-state index in [0.29, 0.717) is 32.2 Å². The largest absolute Gasteiger partial charge is 0.490 e. The number of nitrogens with one attached hydrogen (secondary N) is 2. The lowest BCUT2D eigenvalue weighted by Gasteiger charge is -2.13. The van der Waals surface area contributed by atoms with Crippen LogP contribution in [0.5, 0.6) is 11.5 Å². The normalized spacial score (nSPS) is 13.7. The first kappa shape index (κ1) is 21.7. The molecule has 27 heavy (non-hydrogen) atoms. The molecule has 6 nitrogen and oxygen atoms in total. The number of guanidine groups is 1. The summed E-state index contributed by atoms with van der Waals surface area (Å²) in [7, 11) is 1.77. The van der Waals surface area contributed by atoms with Crippen LogP contribution in [-0.2, 0) is 13.1 Å². The molecular formula is C19H27IN4O2S. The number of aliphatic imine (C=N–C) groups is 1. The second-order valence-corrected chi connectivity index (χ2v) is 7.37. The van der Waals surface area contributed by atoms with Crippen LogP contribution in [0, 0.1) is 0 Å². The number of nitrogens with zero attached hydrogens (tertiary/aromatic N) is 2. The highest BCUT2D eigenvalue weighted by Crippen LogP contribution is 2.30. The molecule has 8 heteroatoms. The van der Waals surface area contributed by atoms with Gasteiger partial charge in [-0.25, -0.2) is 4.98 Å². The van der Waals surface area contributed by atoms with Crippen LogP contribution in [0.2, 0.25) is 0 Å². The fraction of sp³-hybridized carbons (Fsp3) is 0.474. The molecule has 0 fully saturated rings. The van der Waals surface area contributed by atoms with Crippen LogP contribution in [0.25, 0.3) is 0 Å². The molecule has 0 spiro atoms. The third kappa shape index (κ3) is 6.24. The summed E-state index contributed by atoms with van der Waals surface area (Å²) in [5.41, 5.74) is 2.26. The second kappa shape index (κ2) is 10.7. The van der Waals surface area contributed by atoms with E-state index in [0.717, 1.165) is 40.1 Å². The first-order valence-electron chi connectivity index (χ1n) is 8.93. The number of benzene rings is 1. The molecule has 1 aromatic heterocycles. The van der Waals surface area contributed by atoms with Gasteiger partial charge in [0.1, 0.15) is 5.01 Å². The predicted octanol–water partition coefficient (Wildman–Crippen LogP) is 3.91. The molecule has 1 aliphatic rings. The summed E-state index contributed by atoms with van der Waals surface area (Å²) in [5.74, 6) is 2.84. The molecule has 3 rings (SSSR count). The highest BCUT2D eigenvalue weighted by atomic mass is 127. The molecule has 0 bridgehead atoms. The SMILES string of the molecule is CN=C(NCc1ccc2c(c1)OCCCO2)NCc1nc(C(C)C)cs1.I. The fourth-order valence-corrected chi connectivity index (χ4v) is 3.45. The lowest BCUT2D eigenvalue weighted by molar-refractivity contribution is 0.297. The molecule has 1 aromatic carbocycles. The zero-order valence-electron chi connectivity index (χ0n) is 15.9. The summed E-state index contributed by atoms with van der Waals surface area (Å²) in [6.07, 6.45) is 0.911. The van der Waals surface area contributed by atoms with E-state index in [4.69, 9.17) is 9.47 Å². The third-order valence-electron chi connectivity index (χ3n) is 4.06. The lowest BCUT2D eigenvalue weighted by Crippen LogP contribution is -2.36. The fourth-order valence-electron chi connectivity index (χ4n) is 2.55. The average molecular weight is 502 g/mol. The summed E-state index contributed by atoms with van der Waals surface area (Å²) in [6, 6.07) is 6.04. The van der Waals surface area contributed by atoms with Gasteiger partial charge in [0.05, 0.1) is 25.5 Å². The summed E-state index contributed by atoms with van der Waals surface area (Å²) in [5, 5.41) is 9.82. The summed E-state index contributed by atoms with van der Waals surface area (Å²) in [4.78, 5) is 8.91. The third-order valence-corrected chi connectivity index (χ3v) is 4.93. The van der Waals surface area contributed by atoms with Gasteiger partial charge in [0.15, 0.2) is 17.5 Å². The van der Waals surface area contributed by atoms with Gasteiger partial charge in [-0.05, 0) is 23.6 Å². The first-order chi connectivity index (χ1) is 12.7. The van der Waals surface area contributed by atoms with Gasteiger partial charge in [0.25, 0.3) is 0 Å². The number of thiazole rings is 1. The first-order valence-corrected chi connectivity index (χ1v) is 9.81. The molecule has 0 aliphatic carbocycles. The van der Waals surface area contributed by atoms with Gasteiger partial charge >= 0.3 is 0 Å². The average Bonchev–Trinajstić information content (AvgIpc) is 3.00. The van der Waals surface area contributed by atoms with Crippen LogP contribution in [0.1, 0.15) is 42.5 Å².